The van der Waals surface area contributed by atoms with Gasteiger partial charge in [0.1, 0.15) is 5.75 Å². The second-order valence-corrected chi connectivity index (χ2v) is 5.58. The SMILES string of the molecule is CCCNC1CCCN(CCc2cccc(OC)c2)C1=O. The number of ether oxygens (including phenoxy) is 1. The number of hydrogen-bond acceptors (Lipinski definition) is 3. The summed E-state index contributed by atoms with van der Waals surface area (Å²) in [7, 11) is 1.68. The Morgan fingerprint density at radius 2 is 2.29 bits per heavy atom. The highest BCUT2D eigenvalue weighted by atomic mass is 16.5. The first-order valence-corrected chi connectivity index (χ1v) is 7.89. The van der Waals surface area contributed by atoms with E-state index in [1.165, 1.54) is 5.56 Å². The van der Waals surface area contributed by atoms with Crippen LogP contribution in [0.4, 0.5) is 0 Å². The number of benzene rings is 1. The molecule has 1 aliphatic heterocycles. The Bertz CT molecular complexity index is 462. The highest BCUT2D eigenvalue weighted by molar-refractivity contribution is 5.82. The molecule has 0 aliphatic carbocycles. The van der Waals surface area contributed by atoms with Crippen LogP contribution in [0.2, 0.25) is 0 Å². The van der Waals surface area contributed by atoms with Crippen molar-refractivity contribution in [3.8, 4) is 5.75 Å². The van der Waals surface area contributed by atoms with Gasteiger partial charge in [0.2, 0.25) is 5.91 Å². The van der Waals surface area contributed by atoms with Gasteiger partial charge in [0.25, 0.3) is 0 Å². The van der Waals surface area contributed by atoms with Crippen LogP contribution >= 0.6 is 0 Å². The number of carbonyl (C=O) groups excluding carboxylic acids is 1. The first-order valence-electron chi connectivity index (χ1n) is 7.89. The summed E-state index contributed by atoms with van der Waals surface area (Å²) >= 11 is 0. The predicted molar refractivity (Wildman–Crippen MR) is 84.6 cm³/mol. The van der Waals surface area contributed by atoms with Crippen molar-refractivity contribution in [2.75, 3.05) is 26.7 Å². The van der Waals surface area contributed by atoms with E-state index in [2.05, 4.69) is 18.3 Å². The molecule has 1 atom stereocenters. The van der Waals surface area contributed by atoms with Crippen molar-refractivity contribution in [3.63, 3.8) is 0 Å². The Kier molecular flexibility index (Phi) is 6.05. The van der Waals surface area contributed by atoms with Crippen LogP contribution in [0.1, 0.15) is 31.7 Å². The van der Waals surface area contributed by atoms with Gasteiger partial charge < -0.3 is 15.0 Å². The van der Waals surface area contributed by atoms with Crippen molar-refractivity contribution < 1.29 is 9.53 Å². The molecule has 1 heterocycles. The van der Waals surface area contributed by atoms with Crippen LogP contribution in [0.3, 0.4) is 0 Å². The lowest BCUT2D eigenvalue weighted by Gasteiger charge is -2.32. The second-order valence-electron chi connectivity index (χ2n) is 5.58. The molecule has 116 valence electrons. The van der Waals surface area contributed by atoms with E-state index in [1.54, 1.807) is 7.11 Å². The molecule has 0 saturated carbocycles. The molecule has 0 aromatic heterocycles. The van der Waals surface area contributed by atoms with Gasteiger partial charge in [-0.15, -0.1) is 0 Å². The Balaban J connectivity index is 1.88. The third-order valence-corrected chi connectivity index (χ3v) is 3.98. The molecule has 1 amide bonds. The molecular weight excluding hydrogens is 264 g/mol. The van der Waals surface area contributed by atoms with Gasteiger partial charge >= 0.3 is 0 Å². The van der Waals surface area contributed by atoms with Gasteiger partial charge in [-0.1, -0.05) is 19.1 Å². The molecule has 0 radical (unpaired) electrons. The summed E-state index contributed by atoms with van der Waals surface area (Å²) in [6.07, 6.45) is 4.00. The summed E-state index contributed by atoms with van der Waals surface area (Å²) in [6.45, 7) is 4.71. The first kappa shape index (κ1) is 15.8. The number of methoxy groups -OCH3 is 1. The molecule has 1 unspecified atom stereocenters. The number of carbonyl (C=O) groups is 1. The summed E-state index contributed by atoms with van der Waals surface area (Å²) in [5.41, 5.74) is 1.21. The lowest BCUT2D eigenvalue weighted by Crippen LogP contribution is -2.51. The van der Waals surface area contributed by atoms with Crippen LogP contribution in [0.15, 0.2) is 24.3 Å². The minimum Gasteiger partial charge on any atom is -0.497 e. The molecule has 0 bridgehead atoms. The van der Waals surface area contributed by atoms with Gasteiger partial charge in [-0.2, -0.15) is 0 Å². The third-order valence-electron chi connectivity index (χ3n) is 3.98. The summed E-state index contributed by atoms with van der Waals surface area (Å²) < 4.78 is 5.24. The lowest BCUT2D eigenvalue weighted by atomic mass is 10.0. The van der Waals surface area contributed by atoms with Crippen LogP contribution in [-0.4, -0.2) is 43.6 Å². The average molecular weight is 290 g/mol. The van der Waals surface area contributed by atoms with Gasteiger partial charge in [-0.05, 0) is 49.9 Å². The second kappa shape index (κ2) is 8.03. The van der Waals surface area contributed by atoms with Crippen LogP contribution in [0, 0.1) is 0 Å². The smallest absolute Gasteiger partial charge is 0.239 e. The van der Waals surface area contributed by atoms with E-state index in [-0.39, 0.29) is 11.9 Å². The predicted octanol–water partition coefficient (Wildman–Crippen LogP) is 2.23. The van der Waals surface area contributed by atoms with Crippen molar-refractivity contribution >= 4 is 5.91 Å². The normalized spacial score (nSPS) is 18.9. The molecule has 1 aromatic rings. The number of piperidine rings is 1. The van der Waals surface area contributed by atoms with Gasteiger partial charge in [-0.25, -0.2) is 0 Å². The number of nitrogens with zero attached hydrogens (tertiary/aromatic N) is 1. The summed E-state index contributed by atoms with van der Waals surface area (Å²) in [4.78, 5) is 14.4. The quantitative estimate of drug-likeness (QED) is 0.837. The molecule has 1 fully saturated rings. The van der Waals surface area contributed by atoms with Crippen LogP contribution in [0.5, 0.6) is 5.75 Å². The van der Waals surface area contributed by atoms with Crippen molar-refractivity contribution in [3.05, 3.63) is 29.8 Å². The standard InChI is InChI=1S/C17H26N2O2/c1-3-10-18-16-8-5-11-19(17(16)20)12-9-14-6-4-7-15(13-14)21-2/h4,6-7,13,16,18H,3,5,8-12H2,1-2H3. The molecule has 1 aromatic carbocycles. The van der Waals surface area contributed by atoms with Crippen molar-refractivity contribution in [2.24, 2.45) is 0 Å². The van der Waals surface area contributed by atoms with Gasteiger partial charge in [0.15, 0.2) is 0 Å². The monoisotopic (exact) mass is 290 g/mol. The summed E-state index contributed by atoms with van der Waals surface area (Å²) in [5.74, 6) is 1.14. The van der Waals surface area contributed by atoms with E-state index in [1.807, 2.05) is 23.1 Å². The van der Waals surface area contributed by atoms with E-state index in [9.17, 15) is 4.79 Å². The fourth-order valence-electron chi connectivity index (χ4n) is 2.76. The maximum Gasteiger partial charge on any atom is 0.239 e. The summed E-state index contributed by atoms with van der Waals surface area (Å²) in [5, 5.41) is 3.36. The number of nitrogens with one attached hydrogen (secondary N) is 1. The lowest BCUT2D eigenvalue weighted by molar-refractivity contribution is -0.135. The van der Waals surface area contributed by atoms with E-state index < -0.39 is 0 Å². The Morgan fingerprint density at radius 1 is 1.43 bits per heavy atom. The van der Waals surface area contributed by atoms with Crippen molar-refractivity contribution in [1.29, 1.82) is 0 Å². The van der Waals surface area contributed by atoms with E-state index in [0.717, 1.165) is 51.1 Å². The number of hydrogen-bond donors (Lipinski definition) is 1. The third kappa shape index (κ3) is 4.46. The molecule has 1 aliphatic rings. The maximum atomic E-state index is 12.4. The molecule has 4 heteroatoms. The maximum absolute atomic E-state index is 12.4. The van der Waals surface area contributed by atoms with Crippen molar-refractivity contribution in [2.45, 2.75) is 38.6 Å². The minimum absolute atomic E-state index is 0.0176. The van der Waals surface area contributed by atoms with Crippen LogP contribution < -0.4 is 10.1 Å². The zero-order chi connectivity index (χ0) is 15.1. The van der Waals surface area contributed by atoms with E-state index in [0.29, 0.717) is 0 Å². The summed E-state index contributed by atoms with van der Waals surface area (Å²) in [6, 6.07) is 8.09. The highest BCUT2D eigenvalue weighted by Gasteiger charge is 2.27. The molecule has 2 rings (SSSR count). The highest BCUT2D eigenvalue weighted by Crippen LogP contribution is 2.16. The fraction of sp³-hybridized carbons (Fsp3) is 0.588. The zero-order valence-corrected chi connectivity index (χ0v) is 13.1. The number of rotatable bonds is 7. The molecular formula is C17H26N2O2. The first-order chi connectivity index (χ1) is 10.2. The Labute approximate surface area is 127 Å². The van der Waals surface area contributed by atoms with E-state index in [4.69, 9.17) is 4.74 Å². The number of likely N-dealkylation sites (tertiary alicyclic amines) is 1. The Morgan fingerprint density at radius 3 is 3.05 bits per heavy atom. The van der Waals surface area contributed by atoms with Crippen LogP contribution in [0.25, 0.3) is 0 Å². The average Bonchev–Trinajstić information content (AvgIpc) is 2.53. The van der Waals surface area contributed by atoms with Gasteiger partial charge in [-0.3, -0.25) is 4.79 Å². The molecule has 21 heavy (non-hydrogen) atoms. The topological polar surface area (TPSA) is 41.6 Å². The molecule has 0 spiro atoms. The van der Waals surface area contributed by atoms with Crippen LogP contribution in [-0.2, 0) is 11.2 Å². The van der Waals surface area contributed by atoms with Crippen molar-refractivity contribution in [1.82, 2.24) is 10.2 Å². The molecule has 4 nitrogen and oxygen atoms in total. The number of amides is 1. The largest absolute Gasteiger partial charge is 0.497 e. The van der Waals surface area contributed by atoms with E-state index >= 15 is 0 Å². The molecule has 1 N–H and O–H groups in total. The minimum atomic E-state index is 0.0176. The van der Waals surface area contributed by atoms with Gasteiger partial charge in [0, 0.05) is 13.1 Å². The molecule has 1 saturated heterocycles. The fourth-order valence-corrected chi connectivity index (χ4v) is 2.76. The van der Waals surface area contributed by atoms with Gasteiger partial charge in [0.05, 0.1) is 13.2 Å². The Hall–Kier alpha value is -1.55. The zero-order valence-electron chi connectivity index (χ0n) is 13.1.